The van der Waals surface area contributed by atoms with Crippen LogP contribution < -0.4 is 0 Å². The van der Waals surface area contributed by atoms with Crippen LogP contribution in [0.1, 0.15) is 47.4 Å². The Morgan fingerprint density at radius 1 is 1.29 bits per heavy atom. The number of piperidine rings is 1. The Bertz CT molecular complexity index is 644. The second-order valence-corrected chi connectivity index (χ2v) is 6.38. The summed E-state index contributed by atoms with van der Waals surface area (Å²) in [6, 6.07) is 5.69. The van der Waals surface area contributed by atoms with Gasteiger partial charge in [-0.3, -0.25) is 9.59 Å². The lowest BCUT2D eigenvalue weighted by Crippen LogP contribution is -2.49. The highest BCUT2D eigenvalue weighted by atomic mass is 16.4. The van der Waals surface area contributed by atoms with E-state index in [1.807, 2.05) is 13.8 Å². The number of amides is 2. The molecule has 1 heterocycles. The predicted molar refractivity (Wildman–Crippen MR) is 89.9 cm³/mol. The summed E-state index contributed by atoms with van der Waals surface area (Å²) in [6.07, 6.45) is 1.24. The van der Waals surface area contributed by atoms with Crippen LogP contribution in [-0.2, 0) is 4.79 Å². The second-order valence-electron chi connectivity index (χ2n) is 6.38. The van der Waals surface area contributed by atoms with Crippen LogP contribution in [0, 0.1) is 5.92 Å². The topological polar surface area (TPSA) is 77.9 Å². The predicted octanol–water partition coefficient (Wildman–Crippen LogP) is 2.10. The highest BCUT2D eigenvalue weighted by Crippen LogP contribution is 2.24. The normalized spacial score (nSPS) is 20.5. The van der Waals surface area contributed by atoms with Crippen molar-refractivity contribution in [2.45, 2.75) is 32.7 Å². The molecule has 6 heteroatoms. The lowest BCUT2D eigenvalue weighted by molar-refractivity contribution is -0.144. The summed E-state index contributed by atoms with van der Waals surface area (Å²) in [4.78, 5) is 39.5. The third-order valence-electron chi connectivity index (χ3n) is 4.59. The Kier molecular flexibility index (Phi) is 5.59. The van der Waals surface area contributed by atoms with Crippen LogP contribution in [0.3, 0.4) is 0 Å². The zero-order valence-corrected chi connectivity index (χ0v) is 14.4. The molecule has 0 aromatic heterocycles. The number of aliphatic carboxylic acids is 1. The molecule has 2 unspecified atom stereocenters. The fraction of sp³-hybridized carbons (Fsp3) is 0.500. The summed E-state index contributed by atoms with van der Waals surface area (Å²) in [6.45, 7) is 4.86. The third kappa shape index (κ3) is 3.75. The van der Waals surface area contributed by atoms with E-state index in [4.69, 9.17) is 0 Å². The van der Waals surface area contributed by atoms with Crippen molar-refractivity contribution >= 4 is 17.8 Å². The molecule has 0 radical (unpaired) electrons. The molecule has 0 spiro atoms. The van der Waals surface area contributed by atoms with Crippen molar-refractivity contribution in [2.24, 2.45) is 5.92 Å². The van der Waals surface area contributed by atoms with Crippen molar-refractivity contribution in [1.29, 1.82) is 0 Å². The summed E-state index contributed by atoms with van der Waals surface area (Å²) in [5.41, 5.74) is 0.786. The molecule has 0 aliphatic carbocycles. The monoisotopic (exact) mass is 332 g/mol. The minimum atomic E-state index is -0.979. The zero-order chi connectivity index (χ0) is 17.9. The van der Waals surface area contributed by atoms with Crippen LogP contribution in [0.15, 0.2) is 24.3 Å². The standard InChI is InChI=1S/C18H24N2O4/c1-4-19(3)16(21)13-6-5-7-14(11-13)17(22)20-9-8-12(2)10-15(20)18(23)24/h5-7,11-12,15H,4,8-10H2,1-3H3,(H,23,24). The Labute approximate surface area is 142 Å². The van der Waals surface area contributed by atoms with Crippen LogP contribution in [0.2, 0.25) is 0 Å². The molecule has 2 rings (SSSR count). The molecule has 1 fully saturated rings. The van der Waals surface area contributed by atoms with Crippen LogP contribution in [0.5, 0.6) is 0 Å². The highest BCUT2D eigenvalue weighted by molar-refractivity contribution is 6.00. The Morgan fingerprint density at radius 2 is 1.96 bits per heavy atom. The van der Waals surface area contributed by atoms with Gasteiger partial charge in [0, 0.05) is 31.3 Å². The Morgan fingerprint density at radius 3 is 2.58 bits per heavy atom. The van der Waals surface area contributed by atoms with E-state index in [0.717, 1.165) is 6.42 Å². The van der Waals surface area contributed by atoms with Crippen LogP contribution in [-0.4, -0.2) is 58.9 Å². The summed E-state index contributed by atoms with van der Waals surface area (Å²) >= 11 is 0. The molecule has 1 aliphatic heterocycles. The van der Waals surface area contributed by atoms with Gasteiger partial charge >= 0.3 is 5.97 Å². The smallest absolute Gasteiger partial charge is 0.326 e. The molecule has 2 amide bonds. The first kappa shape index (κ1) is 18.0. The quantitative estimate of drug-likeness (QED) is 0.916. The maximum absolute atomic E-state index is 12.8. The summed E-state index contributed by atoms with van der Waals surface area (Å²) in [5.74, 6) is -1.19. The Balaban J connectivity index is 2.26. The number of likely N-dealkylation sites (tertiary alicyclic amines) is 1. The fourth-order valence-electron chi connectivity index (χ4n) is 2.93. The SMILES string of the molecule is CCN(C)C(=O)c1cccc(C(=O)N2CCC(C)CC2C(=O)O)c1. The molecule has 130 valence electrons. The summed E-state index contributed by atoms with van der Waals surface area (Å²) in [7, 11) is 1.70. The van der Waals surface area contributed by atoms with Crippen LogP contribution in [0.25, 0.3) is 0 Å². The van der Waals surface area contributed by atoms with E-state index in [-0.39, 0.29) is 17.7 Å². The number of rotatable bonds is 4. The van der Waals surface area contributed by atoms with Crippen molar-refractivity contribution in [1.82, 2.24) is 9.80 Å². The molecule has 1 aliphatic rings. The van der Waals surface area contributed by atoms with Crippen molar-refractivity contribution < 1.29 is 19.5 Å². The van der Waals surface area contributed by atoms with Gasteiger partial charge in [0.2, 0.25) is 0 Å². The van der Waals surface area contributed by atoms with Gasteiger partial charge in [-0.25, -0.2) is 4.79 Å². The molecule has 0 bridgehead atoms. The Hall–Kier alpha value is -2.37. The molecule has 1 saturated heterocycles. The van der Waals surface area contributed by atoms with E-state index in [2.05, 4.69) is 0 Å². The van der Waals surface area contributed by atoms with Gasteiger partial charge in [0.1, 0.15) is 6.04 Å². The maximum atomic E-state index is 12.8. The molecular weight excluding hydrogens is 308 g/mol. The first-order valence-electron chi connectivity index (χ1n) is 8.24. The van der Waals surface area contributed by atoms with Crippen LogP contribution >= 0.6 is 0 Å². The van der Waals surface area contributed by atoms with Gasteiger partial charge < -0.3 is 14.9 Å². The van der Waals surface area contributed by atoms with Gasteiger partial charge in [-0.1, -0.05) is 13.0 Å². The van der Waals surface area contributed by atoms with E-state index in [0.29, 0.717) is 30.6 Å². The first-order valence-corrected chi connectivity index (χ1v) is 8.24. The lowest BCUT2D eigenvalue weighted by atomic mass is 9.91. The number of carbonyl (C=O) groups excluding carboxylic acids is 2. The summed E-state index contributed by atoms with van der Waals surface area (Å²) < 4.78 is 0. The van der Waals surface area contributed by atoms with E-state index in [9.17, 15) is 19.5 Å². The van der Waals surface area contributed by atoms with Crippen molar-refractivity contribution in [3.63, 3.8) is 0 Å². The molecular formula is C18H24N2O4. The average molecular weight is 332 g/mol. The number of hydrogen-bond acceptors (Lipinski definition) is 3. The van der Waals surface area contributed by atoms with E-state index >= 15 is 0 Å². The zero-order valence-electron chi connectivity index (χ0n) is 14.4. The van der Waals surface area contributed by atoms with Gasteiger partial charge in [-0.15, -0.1) is 0 Å². The van der Waals surface area contributed by atoms with Gasteiger partial charge in [-0.2, -0.15) is 0 Å². The number of hydrogen-bond donors (Lipinski definition) is 1. The molecule has 1 aromatic rings. The lowest BCUT2D eigenvalue weighted by Gasteiger charge is -2.36. The van der Waals surface area contributed by atoms with E-state index < -0.39 is 12.0 Å². The minimum absolute atomic E-state index is 0.158. The number of carboxylic acids is 1. The first-order chi connectivity index (χ1) is 11.3. The number of nitrogens with zero attached hydrogens (tertiary/aromatic N) is 2. The second kappa shape index (κ2) is 7.47. The third-order valence-corrected chi connectivity index (χ3v) is 4.59. The summed E-state index contributed by atoms with van der Waals surface area (Å²) in [5, 5.41) is 9.42. The van der Waals surface area contributed by atoms with Gasteiger partial charge in [0.15, 0.2) is 0 Å². The fourth-order valence-corrected chi connectivity index (χ4v) is 2.93. The molecule has 24 heavy (non-hydrogen) atoms. The maximum Gasteiger partial charge on any atom is 0.326 e. The average Bonchev–Trinajstić information content (AvgIpc) is 2.59. The molecule has 1 aromatic carbocycles. The number of carbonyl (C=O) groups is 3. The minimum Gasteiger partial charge on any atom is -0.480 e. The highest BCUT2D eigenvalue weighted by Gasteiger charge is 2.35. The number of carboxylic acid groups (broad SMARTS) is 1. The molecule has 1 N–H and O–H groups in total. The van der Waals surface area contributed by atoms with Crippen molar-refractivity contribution in [3.05, 3.63) is 35.4 Å². The van der Waals surface area contributed by atoms with Gasteiger partial charge in [0.05, 0.1) is 0 Å². The van der Waals surface area contributed by atoms with E-state index in [1.54, 1.807) is 36.2 Å². The number of benzene rings is 1. The molecule has 2 atom stereocenters. The van der Waals surface area contributed by atoms with Crippen molar-refractivity contribution in [3.8, 4) is 0 Å². The van der Waals surface area contributed by atoms with Gasteiger partial charge in [-0.05, 0) is 43.9 Å². The molecule has 6 nitrogen and oxygen atoms in total. The molecule has 0 saturated carbocycles. The van der Waals surface area contributed by atoms with Crippen molar-refractivity contribution in [2.75, 3.05) is 20.1 Å². The van der Waals surface area contributed by atoms with Gasteiger partial charge in [0.25, 0.3) is 11.8 Å². The van der Waals surface area contributed by atoms with E-state index in [1.165, 1.54) is 4.90 Å². The largest absolute Gasteiger partial charge is 0.480 e. The van der Waals surface area contributed by atoms with Crippen LogP contribution in [0.4, 0.5) is 0 Å².